The van der Waals surface area contributed by atoms with Crippen LogP contribution in [-0.2, 0) is 25.8 Å². The smallest absolute Gasteiger partial charge is 0.136 e. The fourth-order valence-corrected chi connectivity index (χ4v) is 3.94. The minimum Gasteiger partial charge on any atom is -0.298 e. The first-order valence-electron chi connectivity index (χ1n) is 9.22. The molecule has 3 nitrogen and oxygen atoms in total. The molecule has 0 fully saturated rings. The third-order valence-electron chi connectivity index (χ3n) is 4.96. The Morgan fingerprint density at radius 1 is 0.815 bits per heavy atom. The number of fused-ring (bicyclic) bond motifs is 1. The first-order chi connectivity index (χ1) is 13.2. The van der Waals surface area contributed by atoms with Crippen molar-refractivity contribution < 1.29 is 0 Å². The molecule has 138 valence electrons. The van der Waals surface area contributed by atoms with Gasteiger partial charge in [-0.25, -0.2) is 9.97 Å². The molecule has 4 rings (SSSR count). The predicted molar refractivity (Wildman–Crippen MR) is 110 cm³/mol. The maximum atomic E-state index is 6.53. The molecule has 0 unspecified atom stereocenters. The third-order valence-corrected chi connectivity index (χ3v) is 5.52. The molecule has 3 aromatic rings. The van der Waals surface area contributed by atoms with E-state index in [0.29, 0.717) is 11.6 Å². The maximum Gasteiger partial charge on any atom is 0.136 e. The lowest BCUT2D eigenvalue weighted by atomic mass is 10.1. The van der Waals surface area contributed by atoms with Crippen LogP contribution in [0.15, 0.2) is 54.6 Å². The lowest BCUT2D eigenvalue weighted by molar-refractivity contribution is 0.279. The molecular weight excluding hydrogens is 377 g/mol. The summed E-state index contributed by atoms with van der Waals surface area (Å²) in [5, 5.41) is 1.34. The van der Waals surface area contributed by atoms with Gasteiger partial charge in [0, 0.05) is 43.1 Å². The van der Waals surface area contributed by atoms with E-state index in [0.717, 1.165) is 60.1 Å². The van der Waals surface area contributed by atoms with E-state index in [2.05, 4.69) is 40.2 Å². The van der Waals surface area contributed by atoms with E-state index in [4.69, 9.17) is 28.2 Å². The Morgan fingerprint density at radius 3 is 2.33 bits per heavy atom. The highest BCUT2D eigenvalue weighted by atomic mass is 35.5. The first-order valence-corrected chi connectivity index (χ1v) is 9.98. The molecule has 2 aromatic carbocycles. The molecule has 1 aliphatic rings. The SMILES string of the molecule is Clc1ccc(Cc2nc(Cl)c3c(n2)CCN(Cc2ccccc2)CC3)cc1. The van der Waals surface area contributed by atoms with Gasteiger partial charge in [-0.3, -0.25) is 4.90 Å². The molecular formula is C22H21Cl2N3. The van der Waals surface area contributed by atoms with Gasteiger partial charge in [-0.05, 0) is 29.7 Å². The van der Waals surface area contributed by atoms with Gasteiger partial charge in [0.15, 0.2) is 0 Å². The second-order valence-corrected chi connectivity index (χ2v) is 7.72. The third kappa shape index (κ3) is 4.67. The van der Waals surface area contributed by atoms with Gasteiger partial charge >= 0.3 is 0 Å². The zero-order valence-electron chi connectivity index (χ0n) is 15.0. The van der Waals surface area contributed by atoms with E-state index in [1.54, 1.807) is 0 Å². The van der Waals surface area contributed by atoms with Gasteiger partial charge < -0.3 is 0 Å². The minimum absolute atomic E-state index is 0.602. The molecule has 0 aliphatic carbocycles. The average molecular weight is 398 g/mol. The van der Waals surface area contributed by atoms with Crippen LogP contribution in [-0.4, -0.2) is 28.0 Å². The normalized spacial score (nSPS) is 14.6. The fraction of sp³-hybridized carbons (Fsp3) is 0.273. The van der Waals surface area contributed by atoms with Crippen molar-refractivity contribution in [2.45, 2.75) is 25.8 Å². The van der Waals surface area contributed by atoms with E-state index < -0.39 is 0 Å². The summed E-state index contributed by atoms with van der Waals surface area (Å²) in [6.45, 7) is 2.91. The molecule has 0 amide bonds. The number of halogens is 2. The van der Waals surface area contributed by atoms with E-state index >= 15 is 0 Å². The number of hydrogen-bond donors (Lipinski definition) is 0. The lowest BCUT2D eigenvalue weighted by Gasteiger charge is -2.19. The number of hydrogen-bond acceptors (Lipinski definition) is 3. The van der Waals surface area contributed by atoms with Gasteiger partial charge in [0.2, 0.25) is 0 Å². The molecule has 27 heavy (non-hydrogen) atoms. The minimum atomic E-state index is 0.602. The quantitative estimate of drug-likeness (QED) is 0.581. The van der Waals surface area contributed by atoms with Gasteiger partial charge in [0.1, 0.15) is 11.0 Å². The molecule has 0 saturated carbocycles. The Bertz CT molecular complexity index is 911. The van der Waals surface area contributed by atoms with Crippen LogP contribution in [0.3, 0.4) is 0 Å². The van der Waals surface area contributed by atoms with Crippen molar-refractivity contribution in [3.8, 4) is 0 Å². The van der Waals surface area contributed by atoms with Crippen molar-refractivity contribution in [2.75, 3.05) is 13.1 Å². The van der Waals surface area contributed by atoms with E-state index in [-0.39, 0.29) is 0 Å². The topological polar surface area (TPSA) is 29.0 Å². The van der Waals surface area contributed by atoms with Gasteiger partial charge in [-0.2, -0.15) is 0 Å². The average Bonchev–Trinajstić information content (AvgIpc) is 2.87. The summed E-state index contributed by atoms with van der Waals surface area (Å²) in [6, 6.07) is 18.4. The van der Waals surface area contributed by atoms with Gasteiger partial charge in [0.25, 0.3) is 0 Å². The summed E-state index contributed by atoms with van der Waals surface area (Å²) >= 11 is 12.5. The summed E-state index contributed by atoms with van der Waals surface area (Å²) < 4.78 is 0. The van der Waals surface area contributed by atoms with Gasteiger partial charge in [0.05, 0.1) is 5.69 Å². The molecule has 0 saturated heterocycles. The van der Waals surface area contributed by atoms with Crippen LogP contribution in [0.1, 0.15) is 28.2 Å². The van der Waals surface area contributed by atoms with Gasteiger partial charge in [-0.15, -0.1) is 0 Å². The maximum absolute atomic E-state index is 6.53. The Morgan fingerprint density at radius 2 is 1.56 bits per heavy atom. The highest BCUT2D eigenvalue weighted by Gasteiger charge is 2.19. The summed E-state index contributed by atoms with van der Waals surface area (Å²) in [5.74, 6) is 0.776. The second-order valence-electron chi connectivity index (χ2n) is 6.92. The van der Waals surface area contributed by atoms with Crippen molar-refractivity contribution in [3.63, 3.8) is 0 Å². The zero-order valence-corrected chi connectivity index (χ0v) is 16.5. The number of nitrogens with zero attached hydrogens (tertiary/aromatic N) is 3. The van der Waals surface area contributed by atoms with Crippen molar-refractivity contribution in [3.05, 3.63) is 93.0 Å². The molecule has 0 atom stereocenters. The van der Waals surface area contributed by atoms with Crippen LogP contribution in [0.5, 0.6) is 0 Å². The highest BCUT2D eigenvalue weighted by Crippen LogP contribution is 2.23. The molecule has 0 bridgehead atoms. The molecule has 0 spiro atoms. The molecule has 0 radical (unpaired) electrons. The summed E-state index contributed by atoms with van der Waals surface area (Å²) in [7, 11) is 0. The largest absolute Gasteiger partial charge is 0.298 e. The van der Waals surface area contributed by atoms with Crippen molar-refractivity contribution >= 4 is 23.2 Å². The summed E-state index contributed by atoms with van der Waals surface area (Å²) in [4.78, 5) is 11.9. The van der Waals surface area contributed by atoms with E-state index in [1.165, 1.54) is 5.56 Å². The van der Waals surface area contributed by atoms with E-state index in [9.17, 15) is 0 Å². The van der Waals surface area contributed by atoms with Crippen LogP contribution >= 0.6 is 23.2 Å². The molecule has 1 aromatic heterocycles. The van der Waals surface area contributed by atoms with Crippen LogP contribution in [0, 0.1) is 0 Å². The van der Waals surface area contributed by atoms with Crippen molar-refractivity contribution in [2.24, 2.45) is 0 Å². The van der Waals surface area contributed by atoms with Crippen LogP contribution in [0.4, 0.5) is 0 Å². The molecule has 5 heteroatoms. The Labute approximate surface area is 170 Å². The van der Waals surface area contributed by atoms with Crippen LogP contribution < -0.4 is 0 Å². The number of rotatable bonds is 4. The van der Waals surface area contributed by atoms with Crippen molar-refractivity contribution in [1.82, 2.24) is 14.9 Å². The first kappa shape index (κ1) is 18.4. The molecule has 2 heterocycles. The Kier molecular flexibility index (Phi) is 5.72. The number of benzene rings is 2. The van der Waals surface area contributed by atoms with Crippen LogP contribution in [0.2, 0.25) is 10.2 Å². The fourth-order valence-electron chi connectivity index (χ4n) is 3.51. The lowest BCUT2D eigenvalue weighted by Crippen LogP contribution is -2.25. The predicted octanol–water partition coefficient (Wildman–Crippen LogP) is 4.98. The van der Waals surface area contributed by atoms with Gasteiger partial charge in [-0.1, -0.05) is 65.7 Å². The Hall–Kier alpha value is -1.94. The Balaban J connectivity index is 1.49. The van der Waals surface area contributed by atoms with E-state index in [1.807, 2.05) is 24.3 Å². The molecule has 1 aliphatic heterocycles. The zero-order chi connectivity index (χ0) is 18.6. The summed E-state index contributed by atoms with van der Waals surface area (Å²) in [5.41, 5.74) is 4.67. The monoisotopic (exact) mass is 397 g/mol. The summed E-state index contributed by atoms with van der Waals surface area (Å²) in [6.07, 6.45) is 2.46. The molecule has 0 N–H and O–H groups in total. The second kappa shape index (κ2) is 8.39. The standard InChI is InChI=1S/C22H21Cl2N3/c23-18-8-6-16(7-9-18)14-21-25-20-11-13-27(12-10-19(20)22(24)26-21)15-17-4-2-1-3-5-17/h1-9H,10-15H2. The van der Waals surface area contributed by atoms with Crippen LogP contribution in [0.25, 0.3) is 0 Å². The van der Waals surface area contributed by atoms with Crippen molar-refractivity contribution in [1.29, 1.82) is 0 Å². The number of aromatic nitrogens is 2. The highest BCUT2D eigenvalue weighted by molar-refractivity contribution is 6.30.